The number of aryl methyl sites for hydroxylation is 1. The SMILES string of the molecule is Cn1ccc(C(=O)N2CCN(c3cc(=O)[nH]nc3-c3ccccc3)CC2)n1. The van der Waals surface area contributed by atoms with Crippen molar-refractivity contribution in [2.45, 2.75) is 0 Å². The molecule has 4 rings (SSSR count). The summed E-state index contributed by atoms with van der Waals surface area (Å²) in [5.74, 6) is -0.0671. The van der Waals surface area contributed by atoms with Crippen molar-refractivity contribution < 1.29 is 4.79 Å². The molecule has 3 aromatic rings. The van der Waals surface area contributed by atoms with Gasteiger partial charge in [0.15, 0.2) is 0 Å². The monoisotopic (exact) mass is 364 g/mol. The maximum absolute atomic E-state index is 12.6. The Labute approximate surface area is 156 Å². The first-order valence-corrected chi connectivity index (χ1v) is 8.81. The highest BCUT2D eigenvalue weighted by Crippen LogP contribution is 2.27. The van der Waals surface area contributed by atoms with E-state index in [0.29, 0.717) is 31.9 Å². The average molecular weight is 364 g/mol. The molecule has 0 aliphatic carbocycles. The van der Waals surface area contributed by atoms with Crippen LogP contribution in [0.15, 0.2) is 53.5 Å². The molecule has 0 radical (unpaired) electrons. The molecular weight excluding hydrogens is 344 g/mol. The molecule has 1 N–H and O–H groups in total. The number of hydrogen-bond donors (Lipinski definition) is 1. The highest BCUT2D eigenvalue weighted by Gasteiger charge is 2.25. The van der Waals surface area contributed by atoms with Gasteiger partial charge in [0.1, 0.15) is 11.4 Å². The first kappa shape index (κ1) is 17.0. The van der Waals surface area contributed by atoms with E-state index in [1.807, 2.05) is 30.3 Å². The molecule has 8 heteroatoms. The number of carbonyl (C=O) groups is 1. The Morgan fingerprint density at radius 2 is 1.81 bits per heavy atom. The van der Waals surface area contributed by atoms with Gasteiger partial charge in [-0.2, -0.15) is 10.2 Å². The minimum absolute atomic E-state index is 0.0671. The smallest absolute Gasteiger partial charge is 0.274 e. The van der Waals surface area contributed by atoms with Crippen LogP contribution in [0, 0.1) is 0 Å². The number of aromatic nitrogens is 4. The molecule has 1 fully saturated rings. The van der Waals surface area contributed by atoms with Gasteiger partial charge in [-0.1, -0.05) is 30.3 Å². The number of carbonyl (C=O) groups excluding carboxylic acids is 1. The molecule has 0 atom stereocenters. The quantitative estimate of drug-likeness (QED) is 0.753. The van der Waals surface area contributed by atoms with Crippen LogP contribution in [0.25, 0.3) is 11.3 Å². The number of aromatic amines is 1. The van der Waals surface area contributed by atoms with Crippen LogP contribution in [0.5, 0.6) is 0 Å². The number of nitrogens with one attached hydrogen (secondary N) is 1. The maximum Gasteiger partial charge on any atom is 0.274 e. The van der Waals surface area contributed by atoms with Crippen molar-refractivity contribution >= 4 is 11.6 Å². The third-order valence-corrected chi connectivity index (χ3v) is 4.68. The zero-order chi connectivity index (χ0) is 18.8. The standard InChI is InChI=1S/C19H20N6O2/c1-23-8-7-15(22-23)19(27)25-11-9-24(10-12-25)16-13-17(26)20-21-18(16)14-5-3-2-4-6-14/h2-8,13H,9-12H2,1H3,(H,20,26). The molecule has 1 amide bonds. The highest BCUT2D eigenvalue weighted by atomic mass is 16.2. The van der Waals surface area contributed by atoms with Crippen molar-refractivity contribution in [3.63, 3.8) is 0 Å². The predicted molar refractivity (Wildman–Crippen MR) is 102 cm³/mol. The van der Waals surface area contributed by atoms with E-state index in [1.165, 1.54) is 0 Å². The Kier molecular flexibility index (Phi) is 4.45. The van der Waals surface area contributed by atoms with Gasteiger partial charge in [0, 0.05) is 51.1 Å². The molecule has 3 heterocycles. The fraction of sp³-hybridized carbons (Fsp3) is 0.263. The molecule has 1 aliphatic heterocycles. The number of H-pyrrole nitrogens is 1. The van der Waals surface area contributed by atoms with E-state index in [1.54, 1.807) is 35.0 Å². The lowest BCUT2D eigenvalue weighted by atomic mass is 10.1. The van der Waals surface area contributed by atoms with Crippen LogP contribution in [-0.4, -0.2) is 57.0 Å². The molecular formula is C19H20N6O2. The van der Waals surface area contributed by atoms with Gasteiger partial charge in [0.05, 0.1) is 5.69 Å². The second kappa shape index (κ2) is 7.06. The van der Waals surface area contributed by atoms with Crippen LogP contribution in [0.4, 0.5) is 5.69 Å². The zero-order valence-electron chi connectivity index (χ0n) is 15.0. The first-order chi connectivity index (χ1) is 13.1. The molecule has 1 saturated heterocycles. The summed E-state index contributed by atoms with van der Waals surface area (Å²) in [6.45, 7) is 2.39. The van der Waals surface area contributed by atoms with E-state index in [-0.39, 0.29) is 11.5 Å². The predicted octanol–water partition coefficient (Wildman–Crippen LogP) is 1.13. The van der Waals surface area contributed by atoms with Gasteiger partial charge in [-0.15, -0.1) is 0 Å². The number of benzene rings is 1. The summed E-state index contributed by atoms with van der Waals surface area (Å²) >= 11 is 0. The normalized spacial score (nSPS) is 14.4. The highest BCUT2D eigenvalue weighted by molar-refractivity contribution is 5.92. The summed E-state index contributed by atoms with van der Waals surface area (Å²) in [5, 5.41) is 11.0. The first-order valence-electron chi connectivity index (χ1n) is 8.81. The third kappa shape index (κ3) is 3.46. The summed E-state index contributed by atoms with van der Waals surface area (Å²) < 4.78 is 1.62. The fourth-order valence-corrected chi connectivity index (χ4v) is 3.28. The van der Waals surface area contributed by atoms with Gasteiger partial charge in [0.2, 0.25) is 0 Å². The van der Waals surface area contributed by atoms with Crippen molar-refractivity contribution in [1.82, 2.24) is 24.9 Å². The van der Waals surface area contributed by atoms with Gasteiger partial charge in [0.25, 0.3) is 11.5 Å². The molecule has 0 saturated carbocycles. The van der Waals surface area contributed by atoms with Gasteiger partial charge < -0.3 is 9.80 Å². The zero-order valence-corrected chi connectivity index (χ0v) is 15.0. The topological polar surface area (TPSA) is 87.1 Å². The van der Waals surface area contributed by atoms with Crippen LogP contribution < -0.4 is 10.5 Å². The second-order valence-corrected chi connectivity index (χ2v) is 6.49. The van der Waals surface area contributed by atoms with E-state index < -0.39 is 0 Å². The molecule has 138 valence electrons. The summed E-state index contributed by atoms with van der Waals surface area (Å²) in [5.41, 5.74) is 2.68. The van der Waals surface area contributed by atoms with Crippen molar-refractivity contribution in [1.29, 1.82) is 0 Å². The van der Waals surface area contributed by atoms with Crippen molar-refractivity contribution in [3.05, 3.63) is 64.7 Å². The van der Waals surface area contributed by atoms with E-state index >= 15 is 0 Å². The number of piperazine rings is 1. The Hall–Kier alpha value is -3.42. The van der Waals surface area contributed by atoms with E-state index in [9.17, 15) is 9.59 Å². The maximum atomic E-state index is 12.6. The number of amides is 1. The van der Waals surface area contributed by atoms with Crippen LogP contribution in [0.2, 0.25) is 0 Å². The molecule has 27 heavy (non-hydrogen) atoms. The molecule has 2 aromatic heterocycles. The molecule has 0 bridgehead atoms. The molecule has 8 nitrogen and oxygen atoms in total. The third-order valence-electron chi connectivity index (χ3n) is 4.68. The van der Waals surface area contributed by atoms with Gasteiger partial charge >= 0.3 is 0 Å². The molecule has 1 aromatic carbocycles. The minimum atomic E-state index is -0.239. The van der Waals surface area contributed by atoms with Gasteiger partial charge in [-0.05, 0) is 6.07 Å². The van der Waals surface area contributed by atoms with E-state index in [0.717, 1.165) is 16.9 Å². The largest absolute Gasteiger partial charge is 0.366 e. The average Bonchev–Trinajstić information content (AvgIpc) is 3.14. The Morgan fingerprint density at radius 1 is 1.07 bits per heavy atom. The fourth-order valence-electron chi connectivity index (χ4n) is 3.28. The molecule has 1 aliphatic rings. The van der Waals surface area contributed by atoms with Gasteiger partial charge in [-0.25, -0.2) is 5.10 Å². The number of anilines is 1. The summed E-state index contributed by atoms with van der Waals surface area (Å²) in [7, 11) is 1.79. The Bertz CT molecular complexity index is 1000. The van der Waals surface area contributed by atoms with Crippen molar-refractivity contribution in [2.24, 2.45) is 7.05 Å². The van der Waals surface area contributed by atoms with E-state index in [2.05, 4.69) is 20.2 Å². The molecule has 0 spiro atoms. The second-order valence-electron chi connectivity index (χ2n) is 6.49. The molecule has 0 unspecified atom stereocenters. The summed E-state index contributed by atoms with van der Waals surface area (Å²) in [6.07, 6.45) is 1.76. The number of hydrogen-bond acceptors (Lipinski definition) is 5. The minimum Gasteiger partial charge on any atom is -0.366 e. The van der Waals surface area contributed by atoms with Gasteiger partial charge in [-0.3, -0.25) is 14.3 Å². The van der Waals surface area contributed by atoms with Crippen LogP contribution in [0.1, 0.15) is 10.5 Å². The van der Waals surface area contributed by atoms with Crippen LogP contribution in [-0.2, 0) is 7.05 Å². The Balaban J connectivity index is 1.54. The lowest BCUT2D eigenvalue weighted by Gasteiger charge is -2.36. The lowest BCUT2D eigenvalue weighted by molar-refractivity contribution is 0.0740. The van der Waals surface area contributed by atoms with E-state index in [4.69, 9.17) is 0 Å². The Morgan fingerprint density at radius 3 is 2.48 bits per heavy atom. The van der Waals surface area contributed by atoms with Crippen LogP contribution >= 0.6 is 0 Å². The summed E-state index contributed by atoms with van der Waals surface area (Å²) in [6, 6.07) is 13.0. The summed E-state index contributed by atoms with van der Waals surface area (Å²) in [4.78, 5) is 28.3. The van der Waals surface area contributed by atoms with Crippen molar-refractivity contribution in [2.75, 3.05) is 31.1 Å². The lowest BCUT2D eigenvalue weighted by Crippen LogP contribution is -2.49. The number of rotatable bonds is 3. The van der Waals surface area contributed by atoms with Crippen LogP contribution in [0.3, 0.4) is 0 Å². The number of nitrogens with zero attached hydrogens (tertiary/aromatic N) is 5. The van der Waals surface area contributed by atoms with Crippen molar-refractivity contribution in [3.8, 4) is 11.3 Å².